The molecule has 2 aromatic heterocycles. The number of nitrogens with zero attached hydrogens (tertiary/aromatic N) is 5. The molecule has 1 fully saturated rings. The average Bonchev–Trinajstić information content (AvgIpc) is 3.53. The second-order valence-corrected chi connectivity index (χ2v) is 7.55. The third-order valence-corrected chi connectivity index (χ3v) is 5.19. The molecule has 0 saturated heterocycles. The average molecular weight is 453 g/mol. The first kappa shape index (κ1) is 20.7. The molecule has 1 aliphatic carbocycles. The van der Waals surface area contributed by atoms with Crippen LogP contribution < -0.4 is 9.47 Å². The lowest BCUT2D eigenvalue weighted by Gasteiger charge is -2.16. The fourth-order valence-electron chi connectivity index (χ4n) is 3.41. The number of alkyl halides is 2. The van der Waals surface area contributed by atoms with E-state index in [1.54, 1.807) is 30.3 Å². The molecule has 0 atom stereocenters. The van der Waals surface area contributed by atoms with Crippen LogP contribution in [0.3, 0.4) is 0 Å². The highest BCUT2D eigenvalue weighted by Crippen LogP contribution is 2.40. The summed E-state index contributed by atoms with van der Waals surface area (Å²) >= 11 is 0. The highest BCUT2D eigenvalue weighted by Gasteiger charge is 2.25. The fourth-order valence-corrected chi connectivity index (χ4v) is 3.41. The molecular weight excluding hydrogens is 436 g/mol. The van der Waals surface area contributed by atoms with Gasteiger partial charge in [0.25, 0.3) is 11.5 Å². The van der Waals surface area contributed by atoms with Crippen LogP contribution in [-0.4, -0.2) is 37.7 Å². The lowest BCUT2D eigenvalue weighted by molar-refractivity contribution is -0.384. The number of para-hydroxylation sites is 1. The second kappa shape index (κ2) is 8.41. The number of hydrogen-bond acceptors (Lipinski definition) is 7. The third kappa shape index (κ3) is 4.29. The molecule has 0 spiro atoms. The van der Waals surface area contributed by atoms with E-state index in [-0.39, 0.29) is 28.8 Å². The molecule has 0 aliphatic heterocycles. The molecule has 4 aromatic rings. The normalized spacial score (nSPS) is 13.4. The minimum atomic E-state index is -3.05. The number of nitro groups is 1. The van der Waals surface area contributed by atoms with Crippen LogP contribution in [0.25, 0.3) is 28.4 Å². The Morgan fingerprint density at radius 3 is 2.76 bits per heavy atom. The van der Waals surface area contributed by atoms with Crippen LogP contribution >= 0.6 is 0 Å². The standard InChI is InChI=1S/C22H17F2N5O4/c23-21(24)33-19-16(5-2-6-18(19)32-12-13-7-8-13)17-9-10-25-22-26-20(27-28(17)22)14-3-1-4-15(11-14)29(30)31/h1-6,9-11,13,21H,7-8,12H2. The lowest BCUT2D eigenvalue weighted by atomic mass is 10.1. The summed E-state index contributed by atoms with van der Waals surface area (Å²) in [5.41, 5.74) is 1.04. The molecule has 0 radical (unpaired) electrons. The predicted octanol–water partition coefficient (Wildman–Crippen LogP) is 4.76. The summed E-state index contributed by atoms with van der Waals surface area (Å²) in [4.78, 5) is 19.1. The Balaban J connectivity index is 1.60. The van der Waals surface area contributed by atoms with Crippen LogP contribution in [-0.2, 0) is 0 Å². The fraction of sp³-hybridized carbons (Fsp3) is 0.227. The Labute approximate surface area is 185 Å². The van der Waals surface area contributed by atoms with Crippen LogP contribution in [0, 0.1) is 16.0 Å². The third-order valence-electron chi connectivity index (χ3n) is 5.19. The van der Waals surface area contributed by atoms with Crippen molar-refractivity contribution >= 4 is 11.5 Å². The summed E-state index contributed by atoms with van der Waals surface area (Å²) < 4.78 is 38.5. The number of benzene rings is 2. The number of ether oxygens (including phenoxy) is 2. The van der Waals surface area contributed by atoms with Gasteiger partial charge in [-0.1, -0.05) is 18.2 Å². The maximum Gasteiger partial charge on any atom is 0.387 e. The van der Waals surface area contributed by atoms with E-state index in [4.69, 9.17) is 9.47 Å². The summed E-state index contributed by atoms with van der Waals surface area (Å²) in [6.07, 6.45) is 3.57. The molecule has 0 unspecified atom stereocenters. The minimum Gasteiger partial charge on any atom is -0.489 e. The van der Waals surface area contributed by atoms with Gasteiger partial charge in [-0.2, -0.15) is 18.3 Å². The molecule has 33 heavy (non-hydrogen) atoms. The van der Waals surface area contributed by atoms with Crippen molar-refractivity contribution in [3.8, 4) is 34.1 Å². The van der Waals surface area contributed by atoms with Crippen LogP contribution in [0.4, 0.5) is 14.5 Å². The van der Waals surface area contributed by atoms with Gasteiger partial charge in [0.1, 0.15) is 0 Å². The number of halogens is 2. The molecule has 2 aromatic carbocycles. The van der Waals surface area contributed by atoms with Gasteiger partial charge in [-0.15, -0.1) is 5.10 Å². The zero-order valence-corrected chi connectivity index (χ0v) is 17.1. The van der Waals surface area contributed by atoms with Crippen molar-refractivity contribution in [2.45, 2.75) is 19.5 Å². The maximum absolute atomic E-state index is 13.3. The molecule has 5 rings (SSSR count). The Hall–Kier alpha value is -4.15. The van der Waals surface area contributed by atoms with E-state index in [2.05, 4.69) is 15.1 Å². The number of hydrogen-bond donors (Lipinski definition) is 0. The summed E-state index contributed by atoms with van der Waals surface area (Å²) in [5, 5.41) is 15.5. The highest BCUT2D eigenvalue weighted by atomic mass is 19.3. The molecule has 0 bridgehead atoms. The topological polar surface area (TPSA) is 105 Å². The van der Waals surface area contributed by atoms with Crippen LogP contribution in [0.2, 0.25) is 0 Å². The summed E-state index contributed by atoms with van der Waals surface area (Å²) in [5.74, 6) is 0.933. The van der Waals surface area contributed by atoms with Crippen molar-refractivity contribution in [1.82, 2.24) is 19.6 Å². The molecule has 0 amide bonds. The second-order valence-electron chi connectivity index (χ2n) is 7.55. The Morgan fingerprint density at radius 2 is 2.00 bits per heavy atom. The molecule has 0 N–H and O–H groups in total. The van der Waals surface area contributed by atoms with Crippen molar-refractivity contribution in [1.29, 1.82) is 0 Å². The zero-order chi connectivity index (χ0) is 22.9. The monoisotopic (exact) mass is 453 g/mol. The van der Waals surface area contributed by atoms with E-state index in [9.17, 15) is 18.9 Å². The summed E-state index contributed by atoms with van der Waals surface area (Å²) in [7, 11) is 0. The molecule has 1 aliphatic rings. The van der Waals surface area contributed by atoms with E-state index in [0.717, 1.165) is 12.8 Å². The van der Waals surface area contributed by atoms with Gasteiger partial charge < -0.3 is 9.47 Å². The van der Waals surface area contributed by atoms with Gasteiger partial charge >= 0.3 is 6.61 Å². The van der Waals surface area contributed by atoms with Crippen molar-refractivity contribution in [3.63, 3.8) is 0 Å². The van der Waals surface area contributed by atoms with E-state index in [0.29, 0.717) is 29.3 Å². The highest BCUT2D eigenvalue weighted by molar-refractivity contribution is 5.73. The Morgan fingerprint density at radius 1 is 1.18 bits per heavy atom. The predicted molar refractivity (Wildman–Crippen MR) is 113 cm³/mol. The number of aromatic nitrogens is 4. The first-order chi connectivity index (χ1) is 16.0. The van der Waals surface area contributed by atoms with E-state index in [1.165, 1.54) is 28.9 Å². The molecule has 2 heterocycles. The molecule has 9 nitrogen and oxygen atoms in total. The quantitative estimate of drug-likeness (QED) is 0.280. The first-order valence-corrected chi connectivity index (χ1v) is 10.2. The van der Waals surface area contributed by atoms with Crippen LogP contribution in [0.5, 0.6) is 11.5 Å². The van der Waals surface area contributed by atoms with Gasteiger partial charge in [0, 0.05) is 29.5 Å². The van der Waals surface area contributed by atoms with Crippen molar-refractivity contribution in [3.05, 3.63) is 64.8 Å². The van der Waals surface area contributed by atoms with Crippen molar-refractivity contribution in [2.75, 3.05) is 6.61 Å². The van der Waals surface area contributed by atoms with E-state index in [1.807, 2.05) is 0 Å². The van der Waals surface area contributed by atoms with Crippen molar-refractivity contribution < 1.29 is 23.2 Å². The lowest BCUT2D eigenvalue weighted by Crippen LogP contribution is -2.08. The number of fused-ring (bicyclic) bond motifs is 1. The van der Waals surface area contributed by atoms with E-state index < -0.39 is 11.5 Å². The summed E-state index contributed by atoms with van der Waals surface area (Å²) in [6.45, 7) is -2.63. The zero-order valence-electron chi connectivity index (χ0n) is 17.1. The SMILES string of the molecule is O=[N+]([O-])c1cccc(-c2nc3nccc(-c4cccc(OCC5CC5)c4OC(F)F)n3n2)c1. The first-order valence-electron chi connectivity index (χ1n) is 10.2. The largest absolute Gasteiger partial charge is 0.489 e. The minimum absolute atomic E-state index is 0.104. The molecular formula is C22H17F2N5O4. The number of nitro benzene ring substituents is 1. The van der Waals surface area contributed by atoms with Gasteiger partial charge in [0.05, 0.1) is 17.2 Å². The van der Waals surface area contributed by atoms with Gasteiger partial charge in [-0.3, -0.25) is 10.1 Å². The van der Waals surface area contributed by atoms with Crippen LogP contribution in [0.1, 0.15) is 12.8 Å². The number of rotatable bonds is 8. The smallest absolute Gasteiger partial charge is 0.387 e. The van der Waals surface area contributed by atoms with Gasteiger partial charge in [-0.05, 0) is 37.0 Å². The van der Waals surface area contributed by atoms with Gasteiger partial charge in [0.2, 0.25) is 0 Å². The maximum atomic E-state index is 13.3. The number of non-ortho nitro benzene ring substituents is 1. The van der Waals surface area contributed by atoms with Crippen molar-refractivity contribution in [2.24, 2.45) is 5.92 Å². The molecule has 1 saturated carbocycles. The summed E-state index contributed by atoms with van der Waals surface area (Å²) in [6, 6.07) is 12.4. The van der Waals surface area contributed by atoms with Crippen LogP contribution in [0.15, 0.2) is 54.7 Å². The molecule has 168 valence electrons. The molecule has 11 heteroatoms. The Bertz CT molecular complexity index is 1340. The van der Waals surface area contributed by atoms with E-state index >= 15 is 0 Å². The van der Waals surface area contributed by atoms with Gasteiger partial charge in [0.15, 0.2) is 17.3 Å². The van der Waals surface area contributed by atoms with Gasteiger partial charge in [-0.25, -0.2) is 4.98 Å². The Kier molecular flexibility index (Phi) is 5.29.